The standard InChI is InChI=1S/C15H12N2O3S.C5H7NO2.C3H6.C2H6/c1-17-14(19)10-8-12(21-13(10)16-15(17)20)11(18)7-9-5-3-2-4-6-9;1-3-4-5(2)6(7)8;1-3-2;1-2/h2-6,8H,7H2,1H3,(H,16,20);3-4H,1H2,2H3;3H,1H2,2H3;1-2H3/b;5-4+;;. The Balaban J connectivity index is 0.000000704. The molecule has 9 heteroatoms. The van der Waals surface area contributed by atoms with Crippen LogP contribution in [0.4, 0.5) is 0 Å². The maximum absolute atomic E-state index is 12.3. The number of rotatable bonds is 5. The predicted octanol–water partition coefficient (Wildman–Crippen LogP) is 5.29. The molecule has 2 aromatic heterocycles. The third-order valence-corrected chi connectivity index (χ3v) is 5.01. The van der Waals surface area contributed by atoms with E-state index in [1.165, 1.54) is 26.1 Å². The molecular weight excluding hydrogens is 454 g/mol. The summed E-state index contributed by atoms with van der Waals surface area (Å²) >= 11 is 1.14. The van der Waals surface area contributed by atoms with Crippen molar-refractivity contribution in [3.8, 4) is 0 Å². The summed E-state index contributed by atoms with van der Waals surface area (Å²) in [7, 11) is 1.41. The van der Waals surface area contributed by atoms with Crippen molar-refractivity contribution in [2.45, 2.75) is 34.1 Å². The number of carbonyl (C=O) groups excluding carboxylic acids is 1. The van der Waals surface area contributed by atoms with E-state index >= 15 is 0 Å². The van der Waals surface area contributed by atoms with Crippen LogP contribution in [-0.4, -0.2) is 20.3 Å². The summed E-state index contributed by atoms with van der Waals surface area (Å²) in [5.74, 6) is -0.0645. The van der Waals surface area contributed by atoms with Crippen LogP contribution >= 0.6 is 11.3 Å². The minimum absolute atomic E-state index is 0.0645. The monoisotopic (exact) mass is 485 g/mol. The number of nitro groups is 1. The van der Waals surface area contributed by atoms with Crippen molar-refractivity contribution in [1.82, 2.24) is 9.55 Å². The van der Waals surface area contributed by atoms with Gasteiger partial charge in [-0.1, -0.05) is 62.9 Å². The summed E-state index contributed by atoms with van der Waals surface area (Å²) in [5, 5.41) is 10.2. The molecule has 34 heavy (non-hydrogen) atoms. The SMILES string of the molecule is C=C/C=C(\C)[N+](=O)[O-].C=CC.CC.Cn1c(=O)[nH]c2sc(C(=O)Cc3ccccc3)cc2c1=O. The number of ketones is 1. The van der Waals surface area contributed by atoms with E-state index < -0.39 is 10.6 Å². The molecule has 0 aliphatic carbocycles. The first-order chi connectivity index (χ1) is 16.2. The zero-order valence-electron chi connectivity index (χ0n) is 20.2. The first-order valence-electron chi connectivity index (χ1n) is 10.5. The maximum Gasteiger partial charge on any atom is 0.329 e. The lowest BCUT2D eigenvalue weighted by molar-refractivity contribution is -0.424. The normalized spacial score (nSPS) is 9.85. The number of thiophene rings is 1. The third-order valence-electron chi connectivity index (χ3n) is 3.92. The van der Waals surface area contributed by atoms with Crippen LogP contribution in [0.3, 0.4) is 0 Å². The number of Topliss-reactive ketones (excluding diaryl/α,β-unsaturated/α-hetero) is 1. The number of carbonyl (C=O) groups is 1. The fourth-order valence-electron chi connectivity index (χ4n) is 2.33. The quantitative estimate of drug-likeness (QED) is 0.173. The van der Waals surface area contributed by atoms with E-state index in [1.54, 1.807) is 12.1 Å². The zero-order valence-corrected chi connectivity index (χ0v) is 21.0. The topological polar surface area (TPSA) is 115 Å². The second-order valence-electron chi connectivity index (χ2n) is 6.44. The first-order valence-corrected chi connectivity index (χ1v) is 11.3. The van der Waals surface area contributed by atoms with Gasteiger partial charge in [0.1, 0.15) is 4.83 Å². The Hall–Kier alpha value is -3.85. The zero-order chi connectivity index (χ0) is 26.3. The number of aromatic amines is 1. The number of aromatic nitrogens is 2. The van der Waals surface area contributed by atoms with Gasteiger partial charge in [-0.25, -0.2) is 4.79 Å². The van der Waals surface area contributed by atoms with Crippen LogP contribution in [0, 0.1) is 10.1 Å². The van der Waals surface area contributed by atoms with E-state index in [0.29, 0.717) is 15.1 Å². The fourth-order valence-corrected chi connectivity index (χ4v) is 3.31. The molecule has 0 aliphatic heterocycles. The van der Waals surface area contributed by atoms with E-state index in [-0.39, 0.29) is 23.5 Å². The number of hydrogen-bond donors (Lipinski definition) is 1. The largest absolute Gasteiger partial charge is 0.329 e. The Bertz CT molecular complexity index is 1250. The van der Waals surface area contributed by atoms with E-state index in [9.17, 15) is 24.5 Å². The number of allylic oxidation sites excluding steroid dienone is 4. The summed E-state index contributed by atoms with van der Waals surface area (Å²) in [4.78, 5) is 48.7. The molecule has 0 saturated carbocycles. The second-order valence-corrected chi connectivity index (χ2v) is 7.49. The highest BCUT2D eigenvalue weighted by Gasteiger charge is 2.14. The highest BCUT2D eigenvalue weighted by molar-refractivity contribution is 7.20. The van der Waals surface area contributed by atoms with Crippen molar-refractivity contribution < 1.29 is 9.72 Å². The van der Waals surface area contributed by atoms with Gasteiger partial charge in [-0.3, -0.25) is 29.3 Å². The van der Waals surface area contributed by atoms with Gasteiger partial charge in [-0.05, 0) is 18.6 Å². The minimum atomic E-state index is -0.476. The number of benzene rings is 1. The maximum atomic E-state index is 12.3. The molecule has 0 radical (unpaired) electrons. The van der Waals surface area contributed by atoms with Crippen LogP contribution in [0.25, 0.3) is 10.2 Å². The second kappa shape index (κ2) is 15.9. The van der Waals surface area contributed by atoms with E-state index in [0.717, 1.165) is 21.5 Å². The molecule has 2 heterocycles. The van der Waals surface area contributed by atoms with Crippen molar-refractivity contribution >= 4 is 27.3 Å². The van der Waals surface area contributed by atoms with E-state index in [1.807, 2.05) is 51.1 Å². The van der Waals surface area contributed by atoms with Gasteiger partial charge in [-0.15, -0.1) is 17.9 Å². The lowest BCUT2D eigenvalue weighted by Gasteiger charge is -1.97. The van der Waals surface area contributed by atoms with E-state index in [2.05, 4.69) is 18.1 Å². The van der Waals surface area contributed by atoms with Crippen LogP contribution in [0.1, 0.15) is 42.9 Å². The van der Waals surface area contributed by atoms with Gasteiger partial charge >= 0.3 is 5.69 Å². The smallest absolute Gasteiger partial charge is 0.298 e. The van der Waals surface area contributed by atoms with Gasteiger partial charge in [-0.2, -0.15) is 0 Å². The molecular formula is C25H31N3O5S. The molecule has 0 spiro atoms. The lowest BCUT2D eigenvalue weighted by Crippen LogP contribution is -2.31. The molecule has 8 nitrogen and oxygen atoms in total. The number of hydrogen-bond acceptors (Lipinski definition) is 6. The molecule has 1 N–H and O–H groups in total. The molecule has 0 saturated heterocycles. The Morgan fingerprint density at radius 2 is 1.76 bits per heavy atom. The van der Waals surface area contributed by atoms with Gasteiger partial charge < -0.3 is 0 Å². The summed E-state index contributed by atoms with van der Waals surface area (Å²) in [6.07, 6.45) is 4.76. The highest BCUT2D eigenvalue weighted by Crippen LogP contribution is 2.21. The number of H-pyrrole nitrogens is 1. The lowest BCUT2D eigenvalue weighted by atomic mass is 10.1. The molecule has 1 aromatic carbocycles. The van der Waals surface area contributed by atoms with E-state index in [4.69, 9.17) is 0 Å². The van der Waals surface area contributed by atoms with Crippen molar-refractivity contribution in [3.63, 3.8) is 0 Å². The van der Waals surface area contributed by atoms with Gasteiger partial charge in [0.2, 0.25) is 5.70 Å². The summed E-state index contributed by atoms with van der Waals surface area (Å²) < 4.78 is 1.00. The molecule has 0 unspecified atom stereocenters. The van der Waals surface area contributed by atoms with Crippen LogP contribution in [0.5, 0.6) is 0 Å². The molecule has 182 valence electrons. The molecule has 0 aliphatic rings. The van der Waals surface area contributed by atoms with Crippen LogP contribution < -0.4 is 11.2 Å². The fraction of sp³-hybridized carbons (Fsp3) is 0.240. The predicted molar refractivity (Wildman–Crippen MR) is 140 cm³/mol. The number of nitrogens with one attached hydrogen (secondary N) is 1. The van der Waals surface area contributed by atoms with Gasteiger partial charge in [0.05, 0.1) is 15.2 Å². The van der Waals surface area contributed by atoms with Crippen molar-refractivity contribution in [1.29, 1.82) is 0 Å². The molecule has 0 atom stereocenters. The van der Waals surface area contributed by atoms with Gasteiger partial charge in [0, 0.05) is 26.5 Å². The Kier molecular flexibility index (Phi) is 14.1. The summed E-state index contributed by atoms with van der Waals surface area (Å²) in [6, 6.07) is 11.0. The van der Waals surface area contributed by atoms with Gasteiger partial charge in [0.25, 0.3) is 5.56 Å². The van der Waals surface area contributed by atoms with Crippen LogP contribution in [0.15, 0.2) is 83.1 Å². The minimum Gasteiger partial charge on any atom is -0.298 e. The average molecular weight is 486 g/mol. The highest BCUT2D eigenvalue weighted by atomic mass is 32.1. The third kappa shape index (κ3) is 9.33. The molecule has 0 fully saturated rings. The van der Waals surface area contributed by atoms with Crippen molar-refractivity contribution in [2.75, 3.05) is 0 Å². The Labute approximate surface area is 202 Å². The van der Waals surface area contributed by atoms with Gasteiger partial charge in [0.15, 0.2) is 5.78 Å². The molecule has 0 bridgehead atoms. The summed E-state index contributed by atoms with van der Waals surface area (Å²) in [6.45, 7) is 14.0. The van der Waals surface area contributed by atoms with Crippen molar-refractivity contribution in [3.05, 3.63) is 115 Å². The van der Waals surface area contributed by atoms with Crippen molar-refractivity contribution in [2.24, 2.45) is 7.05 Å². The number of fused-ring (bicyclic) bond motifs is 1. The van der Waals surface area contributed by atoms with Crippen LogP contribution in [0.2, 0.25) is 0 Å². The number of nitrogens with zero attached hydrogens (tertiary/aromatic N) is 2. The summed E-state index contributed by atoms with van der Waals surface area (Å²) in [5.41, 5.74) is 0.168. The molecule has 3 rings (SSSR count). The average Bonchev–Trinajstić information content (AvgIpc) is 3.25. The Morgan fingerprint density at radius 1 is 1.21 bits per heavy atom. The molecule has 0 amide bonds. The first kappa shape index (κ1) is 30.2. The van der Waals surface area contributed by atoms with Crippen LogP contribution in [-0.2, 0) is 13.5 Å². The Morgan fingerprint density at radius 3 is 2.24 bits per heavy atom. The molecule has 3 aromatic rings.